The molecule has 3 heteroatoms. The van der Waals surface area contributed by atoms with Crippen LogP contribution in [-0.4, -0.2) is 37.0 Å². The minimum atomic E-state index is 0.258. The average Bonchev–Trinajstić information content (AvgIpc) is 2.84. The van der Waals surface area contributed by atoms with Gasteiger partial charge in [-0.05, 0) is 38.6 Å². The van der Waals surface area contributed by atoms with Crippen LogP contribution in [0.2, 0.25) is 0 Å². The highest BCUT2D eigenvalue weighted by Gasteiger charge is 2.30. The van der Waals surface area contributed by atoms with E-state index in [0.717, 1.165) is 38.5 Å². The fourth-order valence-electron chi connectivity index (χ4n) is 2.11. The van der Waals surface area contributed by atoms with Crippen LogP contribution in [0.1, 0.15) is 26.2 Å². The Balaban J connectivity index is 1.85. The van der Waals surface area contributed by atoms with Gasteiger partial charge in [0, 0.05) is 19.6 Å². The van der Waals surface area contributed by atoms with Crippen molar-refractivity contribution in [1.29, 1.82) is 0 Å². The molecule has 2 aliphatic rings. The smallest absolute Gasteiger partial charge is 0.227 e. The van der Waals surface area contributed by atoms with Crippen LogP contribution in [0.5, 0.6) is 0 Å². The van der Waals surface area contributed by atoms with Crippen LogP contribution in [0.25, 0.3) is 0 Å². The first kappa shape index (κ1) is 9.97. The lowest BCUT2D eigenvalue weighted by molar-refractivity contribution is -0.134. The maximum Gasteiger partial charge on any atom is 0.227 e. The van der Waals surface area contributed by atoms with Gasteiger partial charge in [0.15, 0.2) is 0 Å². The first-order valence-electron chi connectivity index (χ1n) is 5.80. The number of hydrogen-bond acceptors (Lipinski definition) is 2. The molecule has 1 saturated heterocycles. The highest BCUT2D eigenvalue weighted by Crippen LogP contribution is 2.30. The molecule has 1 aliphatic carbocycles. The van der Waals surface area contributed by atoms with Crippen LogP contribution < -0.4 is 5.32 Å². The van der Waals surface area contributed by atoms with Crippen molar-refractivity contribution in [2.24, 2.45) is 11.8 Å². The summed E-state index contributed by atoms with van der Waals surface area (Å²) in [5, 5.41) is 3.25. The van der Waals surface area contributed by atoms with Crippen molar-refractivity contribution in [3.8, 4) is 0 Å². The quantitative estimate of drug-likeness (QED) is 0.723. The lowest BCUT2D eigenvalue weighted by Crippen LogP contribution is -2.38. The molecule has 1 aliphatic heterocycles. The van der Waals surface area contributed by atoms with Gasteiger partial charge in [-0.15, -0.1) is 0 Å². The van der Waals surface area contributed by atoms with Gasteiger partial charge in [-0.3, -0.25) is 4.79 Å². The molecule has 2 rings (SSSR count). The molecule has 14 heavy (non-hydrogen) atoms. The highest BCUT2D eigenvalue weighted by atomic mass is 16.2. The lowest BCUT2D eigenvalue weighted by Gasteiger charge is -2.23. The number of amides is 1. The number of nitrogens with one attached hydrogen (secondary N) is 1. The Hall–Kier alpha value is -0.570. The van der Waals surface area contributed by atoms with Crippen molar-refractivity contribution in [2.45, 2.75) is 26.2 Å². The van der Waals surface area contributed by atoms with E-state index in [9.17, 15) is 4.79 Å². The van der Waals surface area contributed by atoms with Crippen molar-refractivity contribution in [3.05, 3.63) is 0 Å². The van der Waals surface area contributed by atoms with Gasteiger partial charge in [-0.25, -0.2) is 0 Å². The Morgan fingerprint density at radius 3 is 2.71 bits per heavy atom. The van der Waals surface area contributed by atoms with E-state index in [0.29, 0.717) is 5.91 Å². The molecule has 1 heterocycles. The molecule has 3 nitrogen and oxygen atoms in total. The van der Waals surface area contributed by atoms with E-state index in [1.165, 1.54) is 12.8 Å². The minimum absolute atomic E-state index is 0.258. The summed E-state index contributed by atoms with van der Waals surface area (Å²) in [6.45, 7) is 5.87. The summed E-state index contributed by atoms with van der Waals surface area (Å²) in [5.74, 6) is 1.45. The van der Waals surface area contributed by atoms with E-state index in [-0.39, 0.29) is 5.92 Å². The first-order chi connectivity index (χ1) is 6.81. The summed E-state index contributed by atoms with van der Waals surface area (Å²) in [7, 11) is 0. The summed E-state index contributed by atoms with van der Waals surface area (Å²) >= 11 is 0. The van der Waals surface area contributed by atoms with E-state index in [4.69, 9.17) is 0 Å². The summed E-state index contributed by atoms with van der Waals surface area (Å²) in [6.07, 6.45) is 3.68. The Morgan fingerprint density at radius 1 is 1.43 bits per heavy atom. The molecule has 80 valence electrons. The number of carbonyl (C=O) groups excluding carboxylic acids is 1. The number of nitrogens with zero attached hydrogens (tertiary/aromatic N) is 1. The molecule has 1 atom stereocenters. The molecule has 0 aromatic carbocycles. The second-order valence-corrected chi connectivity index (χ2v) is 4.51. The van der Waals surface area contributed by atoms with Crippen LogP contribution in [0, 0.1) is 11.8 Å². The van der Waals surface area contributed by atoms with Gasteiger partial charge in [0.05, 0.1) is 5.92 Å². The van der Waals surface area contributed by atoms with Gasteiger partial charge in [0.2, 0.25) is 5.91 Å². The van der Waals surface area contributed by atoms with Crippen molar-refractivity contribution < 1.29 is 4.79 Å². The Labute approximate surface area is 85.8 Å². The maximum atomic E-state index is 12.0. The summed E-state index contributed by atoms with van der Waals surface area (Å²) in [5.41, 5.74) is 0. The Bertz CT molecular complexity index is 207. The summed E-state index contributed by atoms with van der Waals surface area (Å²) < 4.78 is 0. The Morgan fingerprint density at radius 2 is 2.21 bits per heavy atom. The van der Waals surface area contributed by atoms with Gasteiger partial charge < -0.3 is 10.2 Å². The number of carbonyl (C=O) groups is 1. The van der Waals surface area contributed by atoms with Crippen molar-refractivity contribution in [2.75, 3.05) is 26.2 Å². The van der Waals surface area contributed by atoms with Crippen molar-refractivity contribution in [3.63, 3.8) is 0 Å². The molecule has 1 unspecified atom stereocenters. The van der Waals surface area contributed by atoms with Gasteiger partial charge in [0.1, 0.15) is 0 Å². The second kappa shape index (κ2) is 4.30. The fraction of sp³-hybridized carbons (Fsp3) is 0.909. The van der Waals surface area contributed by atoms with Crippen LogP contribution >= 0.6 is 0 Å². The van der Waals surface area contributed by atoms with E-state index >= 15 is 0 Å². The van der Waals surface area contributed by atoms with Gasteiger partial charge in [-0.1, -0.05) is 0 Å². The zero-order valence-electron chi connectivity index (χ0n) is 8.96. The number of hydrogen-bond donors (Lipinski definition) is 1. The zero-order chi connectivity index (χ0) is 9.97. The predicted octanol–water partition coefficient (Wildman–Crippen LogP) is 0.854. The normalized spacial score (nSPS) is 26.5. The minimum Gasteiger partial charge on any atom is -0.342 e. The topological polar surface area (TPSA) is 32.3 Å². The molecule has 1 saturated carbocycles. The van der Waals surface area contributed by atoms with Crippen molar-refractivity contribution >= 4 is 5.91 Å². The molecule has 0 radical (unpaired) electrons. The van der Waals surface area contributed by atoms with Crippen molar-refractivity contribution in [1.82, 2.24) is 10.2 Å². The van der Waals surface area contributed by atoms with Crippen LogP contribution in [0.15, 0.2) is 0 Å². The molecule has 2 fully saturated rings. The van der Waals surface area contributed by atoms with Crippen LogP contribution in [0.3, 0.4) is 0 Å². The average molecular weight is 196 g/mol. The monoisotopic (exact) mass is 196 g/mol. The molecular weight excluding hydrogens is 176 g/mol. The largest absolute Gasteiger partial charge is 0.342 e. The van der Waals surface area contributed by atoms with Gasteiger partial charge in [0.25, 0.3) is 0 Å². The predicted molar refractivity (Wildman–Crippen MR) is 56.0 cm³/mol. The Kier molecular flexibility index (Phi) is 3.06. The summed E-state index contributed by atoms with van der Waals surface area (Å²) in [6, 6.07) is 0. The SMILES string of the molecule is CCN(CC1CC1)C(=O)C1CCNC1. The van der Waals surface area contributed by atoms with Crippen LogP contribution in [0.4, 0.5) is 0 Å². The van der Waals surface area contributed by atoms with Gasteiger partial charge in [-0.2, -0.15) is 0 Å². The van der Waals surface area contributed by atoms with Crippen LogP contribution in [-0.2, 0) is 4.79 Å². The third-order valence-corrected chi connectivity index (χ3v) is 3.28. The molecule has 0 spiro atoms. The number of rotatable bonds is 4. The van der Waals surface area contributed by atoms with E-state index in [1.807, 2.05) is 0 Å². The second-order valence-electron chi connectivity index (χ2n) is 4.51. The molecule has 0 bridgehead atoms. The highest BCUT2D eigenvalue weighted by molar-refractivity contribution is 5.79. The molecule has 1 amide bonds. The molecule has 0 aromatic heterocycles. The molecule has 1 N–H and O–H groups in total. The van der Waals surface area contributed by atoms with E-state index in [2.05, 4.69) is 17.1 Å². The maximum absolute atomic E-state index is 12.0. The van der Waals surface area contributed by atoms with Gasteiger partial charge >= 0.3 is 0 Å². The lowest BCUT2D eigenvalue weighted by atomic mass is 10.1. The fourth-order valence-corrected chi connectivity index (χ4v) is 2.11. The standard InChI is InChI=1S/C11H20N2O/c1-2-13(8-9-3-4-9)11(14)10-5-6-12-7-10/h9-10,12H,2-8H2,1H3. The first-order valence-corrected chi connectivity index (χ1v) is 5.80. The zero-order valence-corrected chi connectivity index (χ0v) is 8.96. The summed E-state index contributed by atoms with van der Waals surface area (Å²) in [4.78, 5) is 14.1. The molecule has 0 aromatic rings. The van der Waals surface area contributed by atoms with E-state index < -0.39 is 0 Å². The third-order valence-electron chi connectivity index (χ3n) is 3.28. The van der Waals surface area contributed by atoms with E-state index in [1.54, 1.807) is 0 Å². The molecular formula is C11H20N2O. The third kappa shape index (κ3) is 2.27.